The first-order valence-corrected chi connectivity index (χ1v) is 9.75. The number of hydrogen-bond donors (Lipinski definition) is 3. The Hall–Kier alpha value is -3.62. The van der Waals surface area contributed by atoms with Crippen LogP contribution in [0.15, 0.2) is 36.4 Å². The minimum Gasteiger partial charge on any atom is -0.506 e. The average Bonchev–Trinajstić information content (AvgIpc) is 2.97. The van der Waals surface area contributed by atoms with Gasteiger partial charge in [0.2, 0.25) is 0 Å². The van der Waals surface area contributed by atoms with E-state index in [2.05, 4.69) is 10.7 Å². The van der Waals surface area contributed by atoms with Gasteiger partial charge in [-0.1, -0.05) is 49.6 Å². The van der Waals surface area contributed by atoms with Gasteiger partial charge >= 0.3 is 12.0 Å². The second-order valence-electron chi connectivity index (χ2n) is 7.51. The number of hydrazine groups is 1. The lowest BCUT2D eigenvalue weighted by Crippen LogP contribution is -2.51. The number of ether oxygens (including phenoxy) is 1. The summed E-state index contributed by atoms with van der Waals surface area (Å²) in [5.41, 5.74) is 1.15. The number of hydrogen-bond acceptors (Lipinski definition) is 6. The average molecular weight is 411 g/mol. The van der Waals surface area contributed by atoms with Crippen molar-refractivity contribution in [2.75, 3.05) is 6.61 Å². The fourth-order valence-electron chi connectivity index (χ4n) is 4.00. The molecule has 3 N–H and O–H groups in total. The largest absolute Gasteiger partial charge is 0.506 e. The molecule has 0 atom stereocenters. The van der Waals surface area contributed by atoms with Gasteiger partial charge in [0.05, 0.1) is 0 Å². The van der Waals surface area contributed by atoms with Crippen LogP contribution in [0.4, 0.5) is 4.79 Å². The highest BCUT2D eigenvalue weighted by Crippen LogP contribution is 2.33. The predicted molar refractivity (Wildman–Crippen MR) is 105 cm³/mol. The van der Waals surface area contributed by atoms with E-state index in [-0.39, 0.29) is 11.3 Å². The van der Waals surface area contributed by atoms with E-state index in [9.17, 15) is 24.3 Å². The first-order valence-electron chi connectivity index (χ1n) is 9.75. The number of fused-ring (bicyclic) bond motifs is 1. The highest BCUT2D eigenvalue weighted by Gasteiger charge is 2.52. The summed E-state index contributed by atoms with van der Waals surface area (Å²) in [7, 11) is 0. The number of rotatable bonds is 4. The van der Waals surface area contributed by atoms with Crippen LogP contribution in [0.3, 0.4) is 0 Å². The van der Waals surface area contributed by atoms with Crippen LogP contribution < -0.4 is 10.7 Å². The lowest BCUT2D eigenvalue weighted by Gasteiger charge is -2.30. The number of carbonyl (C=O) groups is 4. The highest BCUT2D eigenvalue weighted by molar-refractivity contribution is 6.08. The number of amides is 4. The molecule has 1 aliphatic heterocycles. The van der Waals surface area contributed by atoms with Crippen molar-refractivity contribution >= 4 is 34.6 Å². The molecule has 1 spiro atoms. The van der Waals surface area contributed by atoms with Crippen molar-refractivity contribution in [2.45, 2.75) is 37.6 Å². The number of benzene rings is 2. The van der Waals surface area contributed by atoms with Crippen molar-refractivity contribution in [3.05, 3.63) is 42.0 Å². The van der Waals surface area contributed by atoms with Gasteiger partial charge in [-0.25, -0.2) is 9.59 Å². The fraction of sp³-hybridized carbons (Fsp3) is 0.333. The Kier molecular flexibility index (Phi) is 5.03. The van der Waals surface area contributed by atoms with Crippen LogP contribution in [0.1, 0.15) is 42.5 Å². The predicted octanol–water partition coefficient (Wildman–Crippen LogP) is 1.99. The van der Waals surface area contributed by atoms with Gasteiger partial charge in [0, 0.05) is 5.39 Å². The van der Waals surface area contributed by atoms with Crippen LogP contribution in [0.2, 0.25) is 0 Å². The van der Waals surface area contributed by atoms with Crippen LogP contribution in [-0.4, -0.2) is 46.1 Å². The van der Waals surface area contributed by atoms with Crippen LogP contribution >= 0.6 is 0 Å². The van der Waals surface area contributed by atoms with Gasteiger partial charge in [0.25, 0.3) is 11.8 Å². The Balaban J connectivity index is 1.38. The van der Waals surface area contributed by atoms with E-state index in [4.69, 9.17) is 4.74 Å². The third-order valence-corrected chi connectivity index (χ3v) is 5.56. The minimum absolute atomic E-state index is 0.0855. The Bertz CT molecular complexity index is 1040. The minimum atomic E-state index is -0.962. The monoisotopic (exact) mass is 411 g/mol. The zero-order valence-corrected chi connectivity index (χ0v) is 16.1. The molecule has 30 heavy (non-hydrogen) atoms. The lowest BCUT2D eigenvalue weighted by atomic mass is 9.82. The molecule has 2 aromatic carbocycles. The van der Waals surface area contributed by atoms with Gasteiger partial charge in [0.1, 0.15) is 16.9 Å². The third-order valence-electron chi connectivity index (χ3n) is 5.56. The molecule has 0 aromatic heterocycles. The molecule has 0 bridgehead atoms. The van der Waals surface area contributed by atoms with Gasteiger partial charge in [0.15, 0.2) is 6.61 Å². The number of urea groups is 1. The number of nitrogens with zero attached hydrogens (tertiary/aromatic N) is 1. The molecule has 4 amide bonds. The van der Waals surface area contributed by atoms with Gasteiger partial charge in [-0.15, -0.1) is 0 Å². The number of nitrogens with one attached hydrogen (secondary N) is 2. The highest BCUT2D eigenvalue weighted by atomic mass is 16.5. The second kappa shape index (κ2) is 7.66. The summed E-state index contributed by atoms with van der Waals surface area (Å²) in [5, 5.41) is 14.9. The molecule has 1 saturated heterocycles. The number of imide groups is 1. The first kappa shape index (κ1) is 19.7. The molecule has 156 valence electrons. The molecular formula is C21H21N3O6. The van der Waals surface area contributed by atoms with Gasteiger partial charge in [-0.05, 0) is 24.3 Å². The fourth-order valence-corrected chi connectivity index (χ4v) is 4.00. The van der Waals surface area contributed by atoms with Crippen LogP contribution in [0.25, 0.3) is 10.8 Å². The number of esters is 1. The van der Waals surface area contributed by atoms with Crippen molar-refractivity contribution in [3.63, 3.8) is 0 Å². The van der Waals surface area contributed by atoms with Gasteiger partial charge in [-0.2, -0.15) is 5.01 Å². The molecule has 2 aliphatic rings. The maximum absolute atomic E-state index is 12.6. The SMILES string of the molecule is O=C(COC(=O)c1ccc2ccccc2c1O)NN1C(=O)NC2(CCCCC2)C1=O. The van der Waals surface area contributed by atoms with Crippen LogP contribution in [0.5, 0.6) is 5.75 Å². The molecule has 2 fully saturated rings. The van der Waals surface area contributed by atoms with E-state index in [0.717, 1.165) is 24.6 Å². The summed E-state index contributed by atoms with van der Waals surface area (Å²) in [6.07, 6.45) is 3.69. The van der Waals surface area contributed by atoms with E-state index >= 15 is 0 Å². The quantitative estimate of drug-likeness (QED) is 0.522. The number of phenols is 1. The smallest absolute Gasteiger partial charge is 0.344 e. The molecule has 1 saturated carbocycles. The molecular weight excluding hydrogens is 390 g/mol. The topological polar surface area (TPSA) is 125 Å². The van der Waals surface area contributed by atoms with Gasteiger partial charge < -0.3 is 15.2 Å². The van der Waals surface area contributed by atoms with Crippen LogP contribution in [0, 0.1) is 0 Å². The van der Waals surface area contributed by atoms with Crippen molar-refractivity contribution in [2.24, 2.45) is 0 Å². The summed E-state index contributed by atoms with van der Waals surface area (Å²) >= 11 is 0. The molecule has 2 aromatic rings. The summed E-state index contributed by atoms with van der Waals surface area (Å²) in [5.74, 6) is -2.47. The Morgan fingerprint density at radius 3 is 2.60 bits per heavy atom. The second-order valence-corrected chi connectivity index (χ2v) is 7.51. The zero-order chi connectivity index (χ0) is 21.3. The maximum Gasteiger partial charge on any atom is 0.344 e. The first-order chi connectivity index (χ1) is 14.4. The summed E-state index contributed by atoms with van der Waals surface area (Å²) in [4.78, 5) is 49.3. The maximum atomic E-state index is 12.6. The summed E-state index contributed by atoms with van der Waals surface area (Å²) in [6, 6.07) is 9.33. The molecule has 0 radical (unpaired) electrons. The summed E-state index contributed by atoms with van der Waals surface area (Å²) in [6.45, 7) is -0.713. The number of phenolic OH excluding ortho intramolecular Hbond substituents is 1. The zero-order valence-electron chi connectivity index (χ0n) is 16.1. The Morgan fingerprint density at radius 2 is 1.83 bits per heavy atom. The van der Waals surface area contributed by atoms with Crippen molar-refractivity contribution in [1.82, 2.24) is 15.8 Å². The molecule has 1 aliphatic carbocycles. The molecule has 1 heterocycles. The van der Waals surface area contributed by atoms with Crippen LogP contribution in [-0.2, 0) is 14.3 Å². The van der Waals surface area contributed by atoms with Crippen molar-refractivity contribution in [3.8, 4) is 5.75 Å². The molecule has 0 unspecified atom stereocenters. The van der Waals surface area contributed by atoms with Gasteiger partial charge in [-0.3, -0.25) is 15.0 Å². The Morgan fingerprint density at radius 1 is 1.10 bits per heavy atom. The molecule has 9 heteroatoms. The number of carbonyl (C=O) groups excluding carboxylic acids is 4. The normalized spacial score (nSPS) is 17.8. The third kappa shape index (κ3) is 3.42. The van der Waals surface area contributed by atoms with E-state index in [1.54, 1.807) is 30.3 Å². The van der Waals surface area contributed by atoms with E-state index in [1.807, 2.05) is 0 Å². The number of aromatic hydroxyl groups is 1. The summed E-state index contributed by atoms with van der Waals surface area (Å²) < 4.78 is 4.96. The Labute approximate surface area is 171 Å². The van der Waals surface area contributed by atoms with Crippen molar-refractivity contribution in [1.29, 1.82) is 0 Å². The lowest BCUT2D eigenvalue weighted by molar-refractivity contribution is -0.140. The molecule has 9 nitrogen and oxygen atoms in total. The van der Waals surface area contributed by atoms with Crippen molar-refractivity contribution < 1.29 is 29.0 Å². The van der Waals surface area contributed by atoms with E-state index in [0.29, 0.717) is 23.2 Å². The standard InChI is InChI=1S/C21H21N3O6/c25-16(23-24-19(28)21(22-20(24)29)10-4-1-5-11-21)12-30-18(27)15-9-8-13-6-2-3-7-14(13)17(15)26/h2-3,6-9,26H,1,4-5,10-12H2,(H,22,29)(H,23,25). The van der Waals surface area contributed by atoms with E-state index < -0.39 is 36.0 Å². The van der Waals surface area contributed by atoms with E-state index in [1.165, 1.54) is 6.07 Å². The molecule has 4 rings (SSSR count).